The largest absolute Gasteiger partial charge is 0.519 e. The van der Waals surface area contributed by atoms with E-state index >= 15 is 0 Å². The third kappa shape index (κ3) is 3.93. The summed E-state index contributed by atoms with van der Waals surface area (Å²) < 4.78 is 10.5. The first-order valence-corrected chi connectivity index (χ1v) is 7.52. The van der Waals surface area contributed by atoms with Gasteiger partial charge < -0.3 is 14.6 Å². The predicted octanol–water partition coefficient (Wildman–Crippen LogP) is 4.56. The third-order valence-corrected chi connectivity index (χ3v) is 3.48. The molecule has 4 nitrogen and oxygen atoms in total. The average Bonchev–Trinajstić information content (AvgIpc) is 2.59. The molecule has 24 heavy (non-hydrogen) atoms. The molecular weight excluding hydrogens is 304 g/mol. The minimum Gasteiger partial charge on any atom is -0.508 e. The molecule has 0 saturated carbocycles. The number of carbonyl (C=O) groups is 1. The molecule has 0 saturated heterocycles. The number of ether oxygens (including phenoxy) is 2. The Hall–Kier alpha value is -3.27. The van der Waals surface area contributed by atoms with Crippen molar-refractivity contribution in [2.75, 3.05) is 0 Å². The second-order valence-electron chi connectivity index (χ2n) is 5.18. The van der Waals surface area contributed by atoms with Crippen LogP contribution < -0.4 is 9.47 Å². The highest BCUT2D eigenvalue weighted by Crippen LogP contribution is 2.26. The first-order valence-electron chi connectivity index (χ1n) is 7.52. The topological polar surface area (TPSA) is 55.8 Å². The summed E-state index contributed by atoms with van der Waals surface area (Å²) in [5, 5.41) is 9.91. The van der Waals surface area contributed by atoms with Gasteiger partial charge in [0.05, 0.1) is 0 Å². The van der Waals surface area contributed by atoms with Crippen molar-refractivity contribution in [3.05, 3.63) is 90.0 Å². The van der Waals surface area contributed by atoms with Crippen molar-refractivity contribution in [1.82, 2.24) is 0 Å². The Kier molecular flexibility index (Phi) is 4.77. The Morgan fingerprint density at radius 2 is 1.38 bits per heavy atom. The van der Waals surface area contributed by atoms with E-state index in [1.165, 1.54) is 0 Å². The Morgan fingerprint density at radius 3 is 2.12 bits per heavy atom. The van der Waals surface area contributed by atoms with Crippen LogP contribution in [-0.4, -0.2) is 11.3 Å². The van der Waals surface area contributed by atoms with Crippen molar-refractivity contribution in [2.45, 2.75) is 6.42 Å². The van der Waals surface area contributed by atoms with E-state index in [9.17, 15) is 9.90 Å². The number of phenols is 1. The number of carbonyl (C=O) groups excluding carboxylic acids is 1. The SMILES string of the molecule is O=C(Oc1ccccc1)Oc1ccccc1Cc1ccccc1O. The van der Waals surface area contributed by atoms with Crippen molar-refractivity contribution < 1.29 is 19.4 Å². The summed E-state index contributed by atoms with van der Waals surface area (Å²) in [5.41, 5.74) is 1.54. The fourth-order valence-corrected chi connectivity index (χ4v) is 2.31. The van der Waals surface area contributed by atoms with Gasteiger partial charge in [0.25, 0.3) is 0 Å². The summed E-state index contributed by atoms with van der Waals surface area (Å²) in [5.74, 6) is 1.03. The first kappa shape index (κ1) is 15.6. The van der Waals surface area contributed by atoms with Crippen LogP contribution in [0.3, 0.4) is 0 Å². The molecule has 0 heterocycles. The number of rotatable bonds is 4. The molecule has 0 aromatic heterocycles. The highest BCUT2D eigenvalue weighted by molar-refractivity contribution is 5.67. The van der Waals surface area contributed by atoms with Gasteiger partial charge in [0.2, 0.25) is 0 Å². The van der Waals surface area contributed by atoms with Crippen molar-refractivity contribution in [2.24, 2.45) is 0 Å². The van der Waals surface area contributed by atoms with E-state index < -0.39 is 6.16 Å². The third-order valence-electron chi connectivity index (χ3n) is 3.48. The number of phenolic OH excluding ortho intramolecular Hbond substituents is 1. The van der Waals surface area contributed by atoms with Crippen LogP contribution in [0.2, 0.25) is 0 Å². The molecule has 0 atom stereocenters. The van der Waals surface area contributed by atoms with Crippen LogP contribution in [0.4, 0.5) is 4.79 Å². The predicted molar refractivity (Wildman–Crippen MR) is 90.4 cm³/mol. The van der Waals surface area contributed by atoms with E-state index in [2.05, 4.69) is 0 Å². The first-order chi connectivity index (χ1) is 11.7. The van der Waals surface area contributed by atoms with Gasteiger partial charge in [-0.15, -0.1) is 0 Å². The zero-order valence-corrected chi connectivity index (χ0v) is 12.9. The summed E-state index contributed by atoms with van der Waals surface area (Å²) in [6.07, 6.45) is -0.354. The number of para-hydroxylation sites is 3. The molecule has 4 heteroatoms. The molecule has 0 radical (unpaired) electrons. The molecule has 0 aliphatic carbocycles. The van der Waals surface area contributed by atoms with Crippen LogP contribution in [0.1, 0.15) is 11.1 Å². The van der Waals surface area contributed by atoms with Crippen LogP contribution in [0.5, 0.6) is 17.2 Å². The van der Waals surface area contributed by atoms with E-state index in [0.29, 0.717) is 17.9 Å². The maximum atomic E-state index is 12.0. The smallest absolute Gasteiger partial charge is 0.508 e. The molecule has 0 unspecified atom stereocenters. The Bertz CT molecular complexity index is 828. The number of hydrogen-bond acceptors (Lipinski definition) is 4. The zero-order chi connectivity index (χ0) is 16.8. The van der Waals surface area contributed by atoms with Gasteiger partial charge in [-0.2, -0.15) is 0 Å². The van der Waals surface area contributed by atoms with E-state index in [-0.39, 0.29) is 5.75 Å². The van der Waals surface area contributed by atoms with Crippen LogP contribution in [0.25, 0.3) is 0 Å². The maximum Gasteiger partial charge on any atom is 0.519 e. The summed E-state index contributed by atoms with van der Waals surface area (Å²) in [7, 11) is 0. The van der Waals surface area contributed by atoms with Crippen molar-refractivity contribution in [3.8, 4) is 17.2 Å². The Labute approximate surface area is 139 Å². The van der Waals surface area contributed by atoms with E-state index in [1.54, 1.807) is 48.5 Å². The van der Waals surface area contributed by atoms with Crippen LogP contribution >= 0.6 is 0 Å². The van der Waals surface area contributed by atoms with Gasteiger partial charge in [0.15, 0.2) is 0 Å². The molecule has 0 spiro atoms. The Morgan fingerprint density at radius 1 is 0.750 bits per heavy atom. The summed E-state index contributed by atoms with van der Waals surface area (Å²) in [6, 6.07) is 23.0. The fourth-order valence-electron chi connectivity index (χ4n) is 2.31. The molecule has 3 aromatic rings. The quantitative estimate of drug-likeness (QED) is 0.565. The molecule has 1 N–H and O–H groups in total. The van der Waals surface area contributed by atoms with Gasteiger partial charge in [-0.25, -0.2) is 4.79 Å². The Balaban J connectivity index is 1.74. The molecule has 0 aliphatic heterocycles. The number of hydrogen-bond donors (Lipinski definition) is 1. The summed E-state index contributed by atoms with van der Waals surface area (Å²) in [6.45, 7) is 0. The van der Waals surface area contributed by atoms with Gasteiger partial charge >= 0.3 is 6.16 Å². The highest BCUT2D eigenvalue weighted by atomic mass is 16.7. The molecule has 3 aromatic carbocycles. The van der Waals surface area contributed by atoms with Crippen molar-refractivity contribution in [1.29, 1.82) is 0 Å². The highest BCUT2D eigenvalue weighted by Gasteiger charge is 2.12. The summed E-state index contributed by atoms with van der Waals surface area (Å²) in [4.78, 5) is 12.0. The minimum atomic E-state index is -0.800. The molecule has 3 rings (SSSR count). The summed E-state index contributed by atoms with van der Waals surface area (Å²) >= 11 is 0. The second kappa shape index (κ2) is 7.33. The fraction of sp³-hybridized carbons (Fsp3) is 0.0500. The molecular formula is C20H16O4. The monoisotopic (exact) mass is 320 g/mol. The van der Waals surface area contributed by atoms with Crippen LogP contribution in [-0.2, 0) is 6.42 Å². The van der Waals surface area contributed by atoms with Crippen LogP contribution in [0.15, 0.2) is 78.9 Å². The average molecular weight is 320 g/mol. The van der Waals surface area contributed by atoms with Gasteiger partial charge in [0.1, 0.15) is 17.2 Å². The molecule has 0 aliphatic rings. The molecule has 0 bridgehead atoms. The lowest BCUT2D eigenvalue weighted by Gasteiger charge is -2.11. The van der Waals surface area contributed by atoms with Gasteiger partial charge in [-0.3, -0.25) is 0 Å². The number of aromatic hydroxyl groups is 1. The van der Waals surface area contributed by atoms with E-state index in [1.807, 2.05) is 30.3 Å². The standard InChI is InChI=1S/C20H16O4/c21-18-12-6-4-8-15(18)14-16-9-5-7-13-19(16)24-20(22)23-17-10-2-1-3-11-17/h1-13,21H,14H2. The minimum absolute atomic E-state index is 0.208. The van der Waals surface area contributed by atoms with Gasteiger partial charge in [0, 0.05) is 6.42 Å². The normalized spacial score (nSPS) is 10.2. The van der Waals surface area contributed by atoms with E-state index in [4.69, 9.17) is 9.47 Å². The van der Waals surface area contributed by atoms with Crippen molar-refractivity contribution >= 4 is 6.16 Å². The lowest BCUT2D eigenvalue weighted by atomic mass is 10.0. The maximum absolute atomic E-state index is 12.0. The zero-order valence-electron chi connectivity index (χ0n) is 12.9. The van der Waals surface area contributed by atoms with Crippen molar-refractivity contribution in [3.63, 3.8) is 0 Å². The molecule has 0 fully saturated rings. The van der Waals surface area contributed by atoms with Gasteiger partial charge in [-0.1, -0.05) is 54.6 Å². The van der Waals surface area contributed by atoms with Crippen LogP contribution in [0, 0.1) is 0 Å². The van der Waals surface area contributed by atoms with Gasteiger partial charge in [-0.05, 0) is 35.4 Å². The second-order valence-corrected chi connectivity index (χ2v) is 5.18. The molecule has 0 amide bonds. The number of benzene rings is 3. The molecule has 120 valence electrons. The van der Waals surface area contributed by atoms with E-state index in [0.717, 1.165) is 11.1 Å². The lowest BCUT2D eigenvalue weighted by molar-refractivity contribution is 0.151. The lowest BCUT2D eigenvalue weighted by Crippen LogP contribution is -2.14.